The molecule has 0 N–H and O–H groups in total. The topological polar surface area (TPSA) is 53.2 Å². The fourth-order valence-corrected chi connectivity index (χ4v) is 1.58. The molecule has 1 aromatic heterocycles. The van der Waals surface area contributed by atoms with Gasteiger partial charge in [0.2, 0.25) is 6.08 Å². The Hall–Kier alpha value is -1.43. The Morgan fingerprint density at radius 2 is 2.42 bits per heavy atom. The lowest BCUT2D eigenvalue weighted by Crippen LogP contribution is -1.83. The van der Waals surface area contributed by atoms with Crippen LogP contribution in [0.25, 0.3) is 0 Å². The number of thiophene rings is 1. The van der Waals surface area contributed by atoms with Crippen molar-refractivity contribution < 1.29 is 4.79 Å². The molecule has 1 rings (SSSR count). The molecule has 0 aliphatic heterocycles. The molecule has 0 bridgehead atoms. The number of carbonyl (C=O) groups excluding carboxylic acids is 1. The average Bonchev–Trinajstić information content (AvgIpc) is 2.53. The van der Waals surface area contributed by atoms with Gasteiger partial charge >= 0.3 is 0 Å². The lowest BCUT2D eigenvalue weighted by molar-refractivity contribution is 0.563. The number of hydrogen-bond donors (Lipinski definition) is 0. The highest BCUT2D eigenvalue weighted by Gasteiger charge is 1.97. The zero-order chi connectivity index (χ0) is 8.81. The molecule has 0 saturated carbocycles. The summed E-state index contributed by atoms with van der Waals surface area (Å²) in [7, 11) is 0. The first-order chi connectivity index (χ1) is 5.86. The Bertz CT molecular complexity index is 344. The van der Waals surface area contributed by atoms with Crippen molar-refractivity contribution in [3.63, 3.8) is 0 Å². The fourth-order valence-electron chi connectivity index (χ4n) is 0.784. The van der Waals surface area contributed by atoms with Gasteiger partial charge in [-0.3, -0.25) is 0 Å². The fraction of sp³-hybridized carbons (Fsp3) is 0.250. The Balaban J connectivity index is 2.53. The third-order valence-corrected chi connectivity index (χ3v) is 2.36. The van der Waals surface area contributed by atoms with Crippen molar-refractivity contribution >= 4 is 17.4 Å². The van der Waals surface area contributed by atoms with E-state index in [0.717, 1.165) is 4.88 Å². The summed E-state index contributed by atoms with van der Waals surface area (Å²) < 4.78 is 0. The molecule has 0 radical (unpaired) electrons. The van der Waals surface area contributed by atoms with Crippen LogP contribution < -0.4 is 0 Å². The van der Waals surface area contributed by atoms with Crippen LogP contribution >= 0.6 is 11.3 Å². The Morgan fingerprint density at radius 1 is 1.58 bits per heavy atom. The van der Waals surface area contributed by atoms with Crippen LogP contribution in [0.5, 0.6) is 0 Å². The van der Waals surface area contributed by atoms with E-state index in [9.17, 15) is 4.79 Å². The molecule has 3 nitrogen and oxygen atoms in total. The molecule has 0 fully saturated rings. The third kappa shape index (κ3) is 2.31. The molecule has 0 amide bonds. The molecule has 60 valence electrons. The summed E-state index contributed by atoms with van der Waals surface area (Å²) in [5, 5.41) is 8.50. The lowest BCUT2D eigenvalue weighted by atomic mass is 10.3. The maximum atomic E-state index is 9.72. The molecule has 0 atom stereocenters. The van der Waals surface area contributed by atoms with Crippen LogP contribution in [0.4, 0.5) is 0 Å². The van der Waals surface area contributed by atoms with Crippen molar-refractivity contribution in [3.05, 3.63) is 21.9 Å². The first kappa shape index (κ1) is 8.66. The smallest absolute Gasteiger partial charge is 0.211 e. The molecule has 0 spiro atoms. The maximum Gasteiger partial charge on any atom is 0.234 e. The van der Waals surface area contributed by atoms with Gasteiger partial charge in [-0.2, -0.15) is 5.26 Å². The number of aliphatic imine (C=N–C) groups is 1. The van der Waals surface area contributed by atoms with E-state index in [1.807, 2.05) is 12.1 Å². The minimum atomic E-state index is 0.453. The Labute approximate surface area is 74.0 Å². The van der Waals surface area contributed by atoms with E-state index in [0.29, 0.717) is 17.8 Å². The van der Waals surface area contributed by atoms with Gasteiger partial charge in [-0.1, -0.05) is 0 Å². The molecule has 12 heavy (non-hydrogen) atoms. The maximum absolute atomic E-state index is 9.72. The number of nitrogens with zero attached hydrogens (tertiary/aromatic N) is 2. The highest BCUT2D eigenvalue weighted by Crippen LogP contribution is 2.15. The molecule has 0 unspecified atom stereocenters. The predicted octanol–water partition coefficient (Wildman–Crippen LogP) is 1.50. The summed E-state index contributed by atoms with van der Waals surface area (Å²) in [5.74, 6) is 0. The van der Waals surface area contributed by atoms with Crippen LogP contribution in [0.2, 0.25) is 0 Å². The second-order valence-electron chi connectivity index (χ2n) is 2.10. The average molecular weight is 178 g/mol. The van der Waals surface area contributed by atoms with Crippen molar-refractivity contribution in [2.45, 2.75) is 6.42 Å². The van der Waals surface area contributed by atoms with Gasteiger partial charge in [-0.05, 0) is 12.1 Å². The van der Waals surface area contributed by atoms with E-state index >= 15 is 0 Å². The van der Waals surface area contributed by atoms with Gasteiger partial charge in [0.1, 0.15) is 10.9 Å². The highest BCUT2D eigenvalue weighted by atomic mass is 32.1. The Morgan fingerprint density at radius 3 is 3.00 bits per heavy atom. The van der Waals surface area contributed by atoms with Crippen LogP contribution in [0.3, 0.4) is 0 Å². The molecule has 1 aromatic rings. The normalized spacial score (nSPS) is 8.58. The molecular weight excluding hydrogens is 172 g/mol. The minimum absolute atomic E-state index is 0.453. The van der Waals surface area contributed by atoms with Gasteiger partial charge in [-0.15, -0.1) is 11.3 Å². The van der Waals surface area contributed by atoms with Gasteiger partial charge in [0.05, 0.1) is 6.54 Å². The largest absolute Gasteiger partial charge is 0.234 e. The molecule has 0 aliphatic carbocycles. The second kappa shape index (κ2) is 4.45. The molecule has 0 aromatic carbocycles. The molecular formula is C8H6N2OS. The summed E-state index contributed by atoms with van der Waals surface area (Å²) in [6.45, 7) is 0.453. The molecule has 0 saturated heterocycles. The summed E-state index contributed by atoms with van der Waals surface area (Å²) in [4.78, 5) is 14.9. The van der Waals surface area contributed by atoms with E-state index < -0.39 is 0 Å². The molecule has 4 heteroatoms. The van der Waals surface area contributed by atoms with E-state index in [-0.39, 0.29) is 0 Å². The molecule has 1 heterocycles. The molecule has 0 aliphatic rings. The van der Waals surface area contributed by atoms with Crippen LogP contribution in [-0.4, -0.2) is 12.6 Å². The highest BCUT2D eigenvalue weighted by molar-refractivity contribution is 7.12. The quantitative estimate of drug-likeness (QED) is 0.520. The minimum Gasteiger partial charge on any atom is -0.211 e. The van der Waals surface area contributed by atoms with E-state index in [4.69, 9.17) is 5.26 Å². The van der Waals surface area contributed by atoms with Crippen LogP contribution in [0.15, 0.2) is 17.1 Å². The zero-order valence-electron chi connectivity index (χ0n) is 6.28. The predicted molar refractivity (Wildman–Crippen MR) is 45.7 cm³/mol. The van der Waals surface area contributed by atoms with Gasteiger partial charge < -0.3 is 0 Å². The number of isocyanates is 1. The number of nitriles is 1. The third-order valence-electron chi connectivity index (χ3n) is 1.31. The van der Waals surface area contributed by atoms with Gasteiger partial charge in [0.25, 0.3) is 0 Å². The van der Waals surface area contributed by atoms with Gasteiger partial charge in [0.15, 0.2) is 0 Å². The van der Waals surface area contributed by atoms with Crippen LogP contribution in [0.1, 0.15) is 9.75 Å². The SMILES string of the molecule is N#Cc1ccc(CCN=C=O)s1. The van der Waals surface area contributed by atoms with Crippen molar-refractivity contribution in [2.24, 2.45) is 4.99 Å². The number of hydrogen-bond acceptors (Lipinski definition) is 4. The second-order valence-corrected chi connectivity index (χ2v) is 3.27. The van der Waals surface area contributed by atoms with Crippen molar-refractivity contribution in [1.29, 1.82) is 5.26 Å². The van der Waals surface area contributed by atoms with E-state index in [1.54, 1.807) is 6.07 Å². The van der Waals surface area contributed by atoms with Crippen molar-refractivity contribution in [2.75, 3.05) is 6.54 Å². The summed E-state index contributed by atoms with van der Waals surface area (Å²) in [6, 6.07) is 5.70. The number of rotatable bonds is 3. The van der Waals surface area contributed by atoms with Crippen molar-refractivity contribution in [3.8, 4) is 6.07 Å². The summed E-state index contributed by atoms with van der Waals surface area (Å²) >= 11 is 1.43. The Kier molecular flexibility index (Phi) is 3.21. The van der Waals surface area contributed by atoms with Gasteiger partial charge in [0, 0.05) is 11.3 Å². The monoisotopic (exact) mass is 178 g/mol. The first-order valence-corrected chi connectivity index (χ1v) is 4.21. The summed E-state index contributed by atoms with van der Waals surface area (Å²) in [5.41, 5.74) is 0. The lowest BCUT2D eigenvalue weighted by Gasteiger charge is -1.86. The van der Waals surface area contributed by atoms with Crippen LogP contribution in [-0.2, 0) is 11.2 Å². The van der Waals surface area contributed by atoms with Crippen LogP contribution in [0, 0.1) is 11.3 Å². The van der Waals surface area contributed by atoms with Crippen molar-refractivity contribution in [1.82, 2.24) is 0 Å². The van der Waals surface area contributed by atoms with Gasteiger partial charge in [-0.25, -0.2) is 9.79 Å². The zero-order valence-corrected chi connectivity index (χ0v) is 7.10. The summed E-state index contributed by atoms with van der Waals surface area (Å²) in [6.07, 6.45) is 2.18. The van der Waals surface area contributed by atoms with E-state index in [1.165, 1.54) is 17.4 Å². The van der Waals surface area contributed by atoms with E-state index in [2.05, 4.69) is 4.99 Å². The first-order valence-electron chi connectivity index (χ1n) is 3.39. The standard InChI is InChI=1S/C8H6N2OS/c9-5-8-2-1-7(12-8)3-4-10-6-11/h1-2H,3-4H2.